The Bertz CT molecular complexity index is 1010. The van der Waals surface area contributed by atoms with Gasteiger partial charge in [-0.25, -0.2) is 0 Å². The van der Waals surface area contributed by atoms with Crippen molar-refractivity contribution in [3.05, 3.63) is 59.9 Å². The van der Waals surface area contributed by atoms with E-state index >= 15 is 0 Å². The third-order valence-electron chi connectivity index (χ3n) is 5.25. The first-order valence-electron chi connectivity index (χ1n) is 9.66. The molecule has 2 unspecified atom stereocenters. The van der Waals surface area contributed by atoms with Crippen molar-refractivity contribution in [2.45, 2.75) is 31.7 Å². The monoisotopic (exact) mass is 428 g/mol. The zero-order chi connectivity index (χ0) is 20.4. The number of hydrogen-bond acceptors (Lipinski definition) is 6. The number of carbonyl (C=O) groups is 1. The minimum absolute atomic E-state index is 0. The minimum Gasteiger partial charge on any atom is -0.494 e. The Balaban J connectivity index is 0.00000256. The average molecular weight is 429 g/mol. The van der Waals surface area contributed by atoms with Crippen molar-refractivity contribution in [1.29, 1.82) is 0 Å². The highest BCUT2D eigenvalue weighted by Crippen LogP contribution is 2.40. The topological polar surface area (TPSA) is 108 Å². The molecule has 1 heterocycles. The van der Waals surface area contributed by atoms with Crippen molar-refractivity contribution in [3.63, 3.8) is 0 Å². The van der Waals surface area contributed by atoms with E-state index in [9.17, 15) is 4.79 Å². The van der Waals surface area contributed by atoms with Crippen molar-refractivity contribution in [2.24, 2.45) is 11.7 Å². The molecule has 2 aromatic carbocycles. The summed E-state index contributed by atoms with van der Waals surface area (Å²) in [5.74, 6) is 1.25. The molecular weight excluding hydrogens is 404 g/mol. The van der Waals surface area contributed by atoms with E-state index in [-0.39, 0.29) is 18.3 Å². The Morgan fingerprint density at radius 1 is 1.23 bits per heavy atom. The summed E-state index contributed by atoms with van der Waals surface area (Å²) in [6.45, 7) is 1.82. The van der Waals surface area contributed by atoms with Crippen molar-refractivity contribution < 1.29 is 9.53 Å². The fourth-order valence-corrected chi connectivity index (χ4v) is 3.28. The summed E-state index contributed by atoms with van der Waals surface area (Å²) in [5, 5.41) is 15.0. The molecule has 0 spiro atoms. The molecular formula is C21H25ClN6O2. The number of halogens is 1. The van der Waals surface area contributed by atoms with Gasteiger partial charge in [0, 0.05) is 17.6 Å². The smallest absolute Gasteiger partial charge is 0.229 e. The van der Waals surface area contributed by atoms with E-state index in [2.05, 4.69) is 20.8 Å². The minimum atomic E-state index is -0.405. The number of carbonyl (C=O) groups excluding carboxylic acids is 1. The zero-order valence-corrected chi connectivity index (χ0v) is 17.7. The van der Waals surface area contributed by atoms with E-state index in [1.807, 2.05) is 43.3 Å². The van der Waals surface area contributed by atoms with E-state index in [1.165, 1.54) is 0 Å². The van der Waals surface area contributed by atoms with Crippen molar-refractivity contribution in [1.82, 2.24) is 20.2 Å². The van der Waals surface area contributed by atoms with Gasteiger partial charge in [0.1, 0.15) is 11.4 Å². The number of benzene rings is 2. The molecule has 3 aromatic rings. The van der Waals surface area contributed by atoms with Gasteiger partial charge in [0.15, 0.2) is 5.82 Å². The van der Waals surface area contributed by atoms with Gasteiger partial charge in [-0.05, 0) is 47.0 Å². The number of rotatable bonds is 7. The number of tetrazole rings is 1. The van der Waals surface area contributed by atoms with Crippen LogP contribution in [-0.4, -0.2) is 33.2 Å². The second-order valence-corrected chi connectivity index (χ2v) is 7.32. The molecule has 0 bridgehead atoms. The van der Waals surface area contributed by atoms with Crippen LogP contribution in [0.15, 0.2) is 48.5 Å². The molecule has 1 aromatic heterocycles. The number of nitrogens with zero attached hydrogens (tertiary/aromatic N) is 4. The highest BCUT2D eigenvalue weighted by Gasteiger charge is 2.31. The molecule has 3 N–H and O–H groups in total. The van der Waals surface area contributed by atoms with Crippen LogP contribution >= 0.6 is 12.4 Å². The lowest BCUT2D eigenvalue weighted by molar-refractivity contribution is -0.120. The van der Waals surface area contributed by atoms with Crippen LogP contribution in [0, 0.1) is 5.92 Å². The van der Waals surface area contributed by atoms with E-state index in [4.69, 9.17) is 10.5 Å². The molecule has 1 amide bonds. The maximum Gasteiger partial charge on any atom is 0.229 e. The van der Waals surface area contributed by atoms with Crippen LogP contribution in [0.5, 0.6) is 5.75 Å². The normalized spacial score (nSPS) is 15.0. The van der Waals surface area contributed by atoms with E-state index in [0.29, 0.717) is 23.0 Å². The SMILES string of the molecule is COc1ccc(NC(=O)C(C)C(N)c2ccccc2)cc1-n1nnnc1C1CC1.Cl. The van der Waals surface area contributed by atoms with E-state index in [0.717, 1.165) is 24.2 Å². The van der Waals surface area contributed by atoms with Crippen LogP contribution < -0.4 is 15.8 Å². The molecule has 158 valence electrons. The predicted octanol–water partition coefficient (Wildman–Crippen LogP) is 3.24. The van der Waals surface area contributed by atoms with Crippen LogP contribution in [0.2, 0.25) is 0 Å². The summed E-state index contributed by atoms with van der Waals surface area (Å²) >= 11 is 0. The molecule has 0 radical (unpaired) electrons. The molecule has 4 rings (SSSR count). The summed E-state index contributed by atoms with van der Waals surface area (Å²) in [7, 11) is 1.60. The Morgan fingerprint density at radius 2 is 1.97 bits per heavy atom. The van der Waals surface area contributed by atoms with Crippen LogP contribution in [0.25, 0.3) is 5.69 Å². The van der Waals surface area contributed by atoms with Crippen LogP contribution in [0.1, 0.15) is 43.1 Å². The fraction of sp³-hybridized carbons (Fsp3) is 0.333. The molecule has 0 saturated heterocycles. The molecule has 30 heavy (non-hydrogen) atoms. The van der Waals surface area contributed by atoms with Gasteiger partial charge in [-0.1, -0.05) is 37.3 Å². The zero-order valence-electron chi connectivity index (χ0n) is 16.9. The number of hydrogen-bond donors (Lipinski definition) is 2. The van der Waals surface area contributed by atoms with Crippen molar-refractivity contribution in [2.75, 3.05) is 12.4 Å². The number of amides is 1. The van der Waals surface area contributed by atoms with Crippen molar-refractivity contribution >= 4 is 24.0 Å². The Labute approximate surface area is 181 Å². The van der Waals surface area contributed by atoms with Gasteiger partial charge >= 0.3 is 0 Å². The highest BCUT2D eigenvalue weighted by molar-refractivity contribution is 5.93. The van der Waals surface area contributed by atoms with Gasteiger partial charge in [0.25, 0.3) is 0 Å². The molecule has 8 nitrogen and oxygen atoms in total. The van der Waals surface area contributed by atoms with Crippen molar-refractivity contribution in [3.8, 4) is 11.4 Å². The van der Waals surface area contributed by atoms with Gasteiger partial charge in [0.2, 0.25) is 5.91 Å². The number of ether oxygens (including phenoxy) is 1. The van der Waals surface area contributed by atoms with E-state index < -0.39 is 12.0 Å². The summed E-state index contributed by atoms with van der Waals surface area (Å²) in [5.41, 5.74) is 8.55. The lowest BCUT2D eigenvalue weighted by Crippen LogP contribution is -2.30. The van der Waals surface area contributed by atoms with Gasteiger partial charge < -0.3 is 15.8 Å². The van der Waals surface area contributed by atoms with Gasteiger partial charge in [-0.15, -0.1) is 17.5 Å². The molecule has 1 aliphatic carbocycles. The average Bonchev–Trinajstić information content (AvgIpc) is 3.49. The van der Waals surface area contributed by atoms with Crippen LogP contribution in [0.3, 0.4) is 0 Å². The lowest BCUT2D eigenvalue weighted by Gasteiger charge is -2.20. The number of aromatic nitrogens is 4. The highest BCUT2D eigenvalue weighted by atomic mass is 35.5. The maximum atomic E-state index is 12.8. The standard InChI is InChI=1S/C21H24N6O2.ClH/c1-13(19(22)14-6-4-3-5-7-14)21(28)23-16-10-11-18(29-2)17(12-16)27-20(15-8-9-15)24-25-26-27;/h3-7,10-13,15,19H,8-9,22H2,1-2H3,(H,23,28);1H. The number of methoxy groups -OCH3 is 1. The first-order chi connectivity index (χ1) is 14.1. The second-order valence-electron chi connectivity index (χ2n) is 7.32. The first kappa shape index (κ1) is 21.7. The summed E-state index contributed by atoms with van der Waals surface area (Å²) in [6.07, 6.45) is 2.15. The van der Waals surface area contributed by atoms with Crippen LogP contribution in [0.4, 0.5) is 5.69 Å². The summed E-state index contributed by atoms with van der Waals surface area (Å²) < 4.78 is 7.16. The largest absolute Gasteiger partial charge is 0.494 e. The van der Waals surface area contributed by atoms with E-state index in [1.54, 1.807) is 23.9 Å². The third kappa shape index (κ3) is 4.44. The molecule has 1 aliphatic rings. The molecule has 1 saturated carbocycles. The molecule has 9 heteroatoms. The fourth-order valence-electron chi connectivity index (χ4n) is 3.28. The maximum absolute atomic E-state index is 12.8. The van der Waals surface area contributed by atoms with Gasteiger partial charge in [-0.3, -0.25) is 4.79 Å². The van der Waals surface area contributed by atoms with Gasteiger partial charge in [0.05, 0.1) is 13.0 Å². The first-order valence-corrected chi connectivity index (χ1v) is 9.66. The molecule has 1 fully saturated rings. The van der Waals surface area contributed by atoms with Crippen LogP contribution in [-0.2, 0) is 4.79 Å². The Kier molecular flexibility index (Phi) is 6.69. The number of nitrogens with two attached hydrogens (primary N) is 1. The molecule has 0 aliphatic heterocycles. The summed E-state index contributed by atoms with van der Waals surface area (Å²) in [6, 6.07) is 14.6. The third-order valence-corrected chi connectivity index (χ3v) is 5.25. The summed E-state index contributed by atoms with van der Waals surface area (Å²) in [4.78, 5) is 12.8. The quantitative estimate of drug-likeness (QED) is 0.598. The Morgan fingerprint density at radius 3 is 2.63 bits per heavy atom. The number of nitrogens with one attached hydrogen (secondary N) is 1. The predicted molar refractivity (Wildman–Crippen MR) is 116 cm³/mol. The molecule has 2 atom stereocenters. The lowest BCUT2D eigenvalue weighted by atomic mass is 9.94. The second kappa shape index (κ2) is 9.23. The Hall–Kier alpha value is -2.97. The number of anilines is 1. The van der Waals surface area contributed by atoms with Gasteiger partial charge in [-0.2, -0.15) is 4.68 Å².